The number of hydrogen-bond acceptors (Lipinski definition) is 2. The molecule has 0 bridgehead atoms. The summed E-state index contributed by atoms with van der Waals surface area (Å²) in [4.78, 5) is 9.44. The second-order valence-corrected chi connectivity index (χ2v) is 8.13. The Labute approximate surface area is 182 Å². The Morgan fingerprint density at radius 1 is 1.00 bits per heavy atom. The smallest absolute Gasteiger partial charge is 0.193 e. The van der Waals surface area contributed by atoms with E-state index in [-0.39, 0.29) is 24.0 Å². The van der Waals surface area contributed by atoms with E-state index in [0.717, 1.165) is 37.4 Å². The summed E-state index contributed by atoms with van der Waals surface area (Å²) < 4.78 is 0. The quantitative estimate of drug-likeness (QED) is 0.391. The first-order valence-corrected chi connectivity index (χ1v) is 10.4. The number of benzene rings is 1. The second kappa shape index (κ2) is 11.9. The summed E-state index contributed by atoms with van der Waals surface area (Å²) in [5.74, 6) is 2.80. The van der Waals surface area contributed by atoms with Gasteiger partial charge in [0.05, 0.1) is 0 Å². The van der Waals surface area contributed by atoms with Crippen LogP contribution in [0, 0.1) is 11.8 Å². The Hall–Kier alpha value is -0.820. The molecule has 27 heavy (non-hydrogen) atoms. The molecule has 1 aromatic carbocycles. The van der Waals surface area contributed by atoms with Crippen molar-refractivity contribution in [2.45, 2.75) is 38.5 Å². The SMILES string of the molecule is CN=C(NCCC1CCN(C)CC1)N1CCC(Cc2ccccc2)CC1.I. The van der Waals surface area contributed by atoms with Crippen molar-refractivity contribution < 1.29 is 0 Å². The lowest BCUT2D eigenvalue weighted by molar-refractivity contribution is 0.212. The van der Waals surface area contributed by atoms with Crippen LogP contribution in [0.15, 0.2) is 35.3 Å². The second-order valence-electron chi connectivity index (χ2n) is 8.13. The average molecular weight is 484 g/mol. The van der Waals surface area contributed by atoms with Crippen LogP contribution in [0.1, 0.15) is 37.7 Å². The zero-order valence-electron chi connectivity index (χ0n) is 17.1. The minimum absolute atomic E-state index is 0. The molecular formula is C22H37IN4. The van der Waals surface area contributed by atoms with Gasteiger partial charge in [-0.3, -0.25) is 4.99 Å². The monoisotopic (exact) mass is 484 g/mol. The highest BCUT2D eigenvalue weighted by atomic mass is 127. The number of likely N-dealkylation sites (tertiary alicyclic amines) is 2. The summed E-state index contributed by atoms with van der Waals surface area (Å²) in [6.07, 6.45) is 7.73. The van der Waals surface area contributed by atoms with E-state index in [4.69, 9.17) is 0 Å². The molecule has 0 unspecified atom stereocenters. The molecule has 2 fully saturated rings. The minimum Gasteiger partial charge on any atom is -0.356 e. The first-order chi connectivity index (χ1) is 12.7. The number of aliphatic imine (C=N–C) groups is 1. The van der Waals surface area contributed by atoms with Crippen LogP contribution in [-0.4, -0.2) is 62.6 Å². The number of nitrogens with zero attached hydrogens (tertiary/aromatic N) is 3. The molecule has 0 aromatic heterocycles. The molecule has 152 valence electrons. The van der Waals surface area contributed by atoms with Gasteiger partial charge in [0.25, 0.3) is 0 Å². The van der Waals surface area contributed by atoms with E-state index in [0.29, 0.717) is 0 Å². The van der Waals surface area contributed by atoms with Crippen molar-refractivity contribution in [3.63, 3.8) is 0 Å². The van der Waals surface area contributed by atoms with Crippen molar-refractivity contribution in [1.29, 1.82) is 0 Å². The van der Waals surface area contributed by atoms with Gasteiger partial charge in [-0.1, -0.05) is 30.3 Å². The maximum Gasteiger partial charge on any atom is 0.193 e. The van der Waals surface area contributed by atoms with E-state index in [1.807, 2.05) is 7.05 Å². The largest absolute Gasteiger partial charge is 0.356 e. The molecule has 4 nitrogen and oxygen atoms in total. The van der Waals surface area contributed by atoms with Crippen LogP contribution in [0.2, 0.25) is 0 Å². The fourth-order valence-electron chi connectivity index (χ4n) is 4.37. The van der Waals surface area contributed by atoms with Crippen LogP contribution in [0.4, 0.5) is 0 Å². The third kappa shape index (κ3) is 7.26. The van der Waals surface area contributed by atoms with Gasteiger partial charge in [-0.15, -0.1) is 24.0 Å². The van der Waals surface area contributed by atoms with Crippen LogP contribution in [0.25, 0.3) is 0 Å². The van der Waals surface area contributed by atoms with E-state index in [2.05, 4.69) is 57.5 Å². The summed E-state index contributed by atoms with van der Waals surface area (Å²) in [6, 6.07) is 10.9. The van der Waals surface area contributed by atoms with Crippen LogP contribution >= 0.6 is 24.0 Å². The van der Waals surface area contributed by atoms with Gasteiger partial charge in [-0.05, 0) is 76.1 Å². The zero-order valence-corrected chi connectivity index (χ0v) is 19.4. The first kappa shape index (κ1) is 22.5. The van der Waals surface area contributed by atoms with Crippen LogP contribution < -0.4 is 5.32 Å². The highest BCUT2D eigenvalue weighted by Crippen LogP contribution is 2.22. The molecule has 3 rings (SSSR count). The Morgan fingerprint density at radius 2 is 1.63 bits per heavy atom. The van der Waals surface area contributed by atoms with Crippen molar-refractivity contribution in [3.05, 3.63) is 35.9 Å². The fraction of sp³-hybridized carbons (Fsp3) is 0.682. The van der Waals surface area contributed by atoms with Crippen molar-refractivity contribution in [2.75, 3.05) is 46.8 Å². The lowest BCUT2D eigenvalue weighted by Gasteiger charge is -2.35. The molecular weight excluding hydrogens is 447 g/mol. The third-order valence-electron chi connectivity index (χ3n) is 6.17. The zero-order chi connectivity index (χ0) is 18.2. The van der Waals surface area contributed by atoms with Gasteiger partial charge in [-0.25, -0.2) is 0 Å². The molecule has 0 radical (unpaired) electrons. The minimum atomic E-state index is 0. The third-order valence-corrected chi connectivity index (χ3v) is 6.17. The molecule has 0 spiro atoms. The summed E-state index contributed by atoms with van der Waals surface area (Å²) in [5, 5.41) is 3.62. The molecule has 2 saturated heterocycles. The van der Waals surface area contributed by atoms with Gasteiger partial charge in [0, 0.05) is 26.7 Å². The molecule has 2 heterocycles. The van der Waals surface area contributed by atoms with Gasteiger partial charge < -0.3 is 15.1 Å². The van der Waals surface area contributed by atoms with E-state index < -0.39 is 0 Å². The van der Waals surface area contributed by atoms with Gasteiger partial charge in [0.15, 0.2) is 5.96 Å². The number of nitrogens with one attached hydrogen (secondary N) is 1. The highest BCUT2D eigenvalue weighted by Gasteiger charge is 2.22. The predicted octanol–water partition coefficient (Wildman–Crippen LogP) is 3.87. The fourth-order valence-corrected chi connectivity index (χ4v) is 4.37. The summed E-state index contributed by atoms with van der Waals surface area (Å²) in [5.41, 5.74) is 1.48. The topological polar surface area (TPSA) is 30.9 Å². The number of piperidine rings is 2. The summed E-state index contributed by atoms with van der Waals surface area (Å²) in [7, 11) is 4.16. The molecule has 1 N–H and O–H groups in total. The van der Waals surface area contributed by atoms with E-state index in [1.54, 1.807) is 0 Å². The van der Waals surface area contributed by atoms with Crippen LogP contribution in [0.3, 0.4) is 0 Å². The Morgan fingerprint density at radius 3 is 2.26 bits per heavy atom. The predicted molar refractivity (Wildman–Crippen MR) is 126 cm³/mol. The summed E-state index contributed by atoms with van der Waals surface area (Å²) in [6.45, 7) is 5.84. The maximum absolute atomic E-state index is 4.54. The number of guanidine groups is 1. The first-order valence-electron chi connectivity index (χ1n) is 10.4. The number of hydrogen-bond donors (Lipinski definition) is 1. The Bertz CT molecular complexity index is 547. The van der Waals surface area contributed by atoms with Crippen LogP contribution in [-0.2, 0) is 6.42 Å². The normalized spacial score (nSPS) is 20.4. The van der Waals surface area contributed by atoms with E-state index >= 15 is 0 Å². The van der Waals surface area contributed by atoms with Crippen molar-refractivity contribution in [1.82, 2.24) is 15.1 Å². The van der Waals surface area contributed by atoms with E-state index in [9.17, 15) is 0 Å². The molecule has 0 atom stereocenters. The van der Waals surface area contributed by atoms with Gasteiger partial charge in [-0.2, -0.15) is 0 Å². The number of rotatable bonds is 5. The Kier molecular flexibility index (Phi) is 9.90. The molecule has 5 heteroatoms. The van der Waals surface area contributed by atoms with Gasteiger partial charge >= 0.3 is 0 Å². The maximum atomic E-state index is 4.54. The van der Waals surface area contributed by atoms with Crippen molar-refractivity contribution >= 4 is 29.9 Å². The standard InChI is InChI=1S/C22H36N4.HI/c1-23-22(24-13-8-19-9-14-25(2)15-10-19)26-16-11-21(12-17-26)18-20-6-4-3-5-7-20;/h3-7,19,21H,8-18H2,1-2H3,(H,23,24);1H. The highest BCUT2D eigenvalue weighted by molar-refractivity contribution is 14.0. The molecule has 0 aliphatic carbocycles. The van der Waals surface area contributed by atoms with Gasteiger partial charge in [0.1, 0.15) is 0 Å². The molecule has 0 amide bonds. The molecule has 0 saturated carbocycles. The number of halogens is 1. The molecule has 2 aliphatic heterocycles. The Balaban J connectivity index is 0.00000261. The van der Waals surface area contributed by atoms with Crippen molar-refractivity contribution in [2.24, 2.45) is 16.8 Å². The average Bonchev–Trinajstić information content (AvgIpc) is 2.68. The lowest BCUT2D eigenvalue weighted by atomic mass is 9.90. The van der Waals surface area contributed by atoms with Crippen LogP contribution in [0.5, 0.6) is 0 Å². The van der Waals surface area contributed by atoms with Crippen molar-refractivity contribution in [3.8, 4) is 0 Å². The van der Waals surface area contributed by atoms with E-state index in [1.165, 1.54) is 57.2 Å². The van der Waals surface area contributed by atoms with Gasteiger partial charge in [0.2, 0.25) is 0 Å². The lowest BCUT2D eigenvalue weighted by Crippen LogP contribution is -2.46. The summed E-state index contributed by atoms with van der Waals surface area (Å²) >= 11 is 0. The molecule has 2 aliphatic rings. The molecule has 1 aromatic rings.